The third kappa shape index (κ3) is 3.58. The first kappa shape index (κ1) is 22.6. The molecule has 0 saturated carbocycles. The van der Waals surface area contributed by atoms with Crippen LogP contribution in [0.1, 0.15) is 0 Å². The summed E-state index contributed by atoms with van der Waals surface area (Å²) in [5, 5.41) is 3.56. The van der Waals surface area contributed by atoms with Crippen LogP contribution in [-0.4, -0.2) is 4.57 Å². The van der Waals surface area contributed by atoms with Crippen molar-refractivity contribution in [2.75, 3.05) is 0 Å². The van der Waals surface area contributed by atoms with Crippen molar-refractivity contribution in [3.63, 3.8) is 0 Å². The maximum atomic E-state index is 5.81. The lowest BCUT2D eigenvalue weighted by atomic mass is 9.90. The van der Waals surface area contributed by atoms with Crippen LogP contribution in [0.3, 0.4) is 0 Å². The minimum Gasteiger partial charge on any atom is -0.464 e. The van der Waals surface area contributed by atoms with E-state index in [0.717, 1.165) is 16.7 Å². The maximum absolute atomic E-state index is 5.81. The lowest BCUT2D eigenvalue weighted by Crippen LogP contribution is -1.93. The second-order valence-electron chi connectivity index (χ2n) is 10.2. The van der Waals surface area contributed by atoms with Gasteiger partial charge in [0.2, 0.25) is 0 Å². The number of aromatic nitrogens is 1. The molecule has 2 heterocycles. The Morgan fingerprint density at radius 2 is 1.12 bits per heavy atom. The van der Waals surface area contributed by atoms with Gasteiger partial charge >= 0.3 is 0 Å². The van der Waals surface area contributed by atoms with E-state index >= 15 is 0 Å². The van der Waals surface area contributed by atoms with Crippen molar-refractivity contribution in [3.8, 4) is 39.1 Å². The van der Waals surface area contributed by atoms with Gasteiger partial charge in [0.15, 0.2) is 0 Å². The number of nitrogens with zero attached hydrogens (tertiary/aromatic N) is 1. The molecule has 40 heavy (non-hydrogen) atoms. The van der Waals surface area contributed by atoms with Gasteiger partial charge in [-0.25, -0.2) is 0 Å². The highest BCUT2D eigenvalue weighted by atomic mass is 16.3. The molecular formula is C38H25NO. The topological polar surface area (TPSA) is 18.1 Å². The van der Waals surface area contributed by atoms with Gasteiger partial charge in [0, 0.05) is 21.8 Å². The summed E-state index contributed by atoms with van der Waals surface area (Å²) in [7, 11) is 0. The quantitative estimate of drug-likeness (QED) is 0.230. The fourth-order valence-corrected chi connectivity index (χ4v) is 6.03. The van der Waals surface area contributed by atoms with E-state index in [1.807, 2.05) is 0 Å². The highest BCUT2D eigenvalue weighted by Gasteiger charge is 2.18. The second kappa shape index (κ2) is 9.14. The SMILES string of the molecule is c1ccc(-c2ccc(-c3ccccc3)c(-c3ccc4c(c3)c3ccc5occc5c3n4-c3ccccc3)c2)cc1. The summed E-state index contributed by atoms with van der Waals surface area (Å²) in [5.74, 6) is 0. The molecule has 0 bridgehead atoms. The van der Waals surface area contributed by atoms with Crippen LogP contribution in [0.25, 0.3) is 71.8 Å². The summed E-state index contributed by atoms with van der Waals surface area (Å²) in [6, 6.07) is 52.0. The normalized spacial score (nSPS) is 11.5. The molecule has 0 saturated heterocycles. The zero-order valence-corrected chi connectivity index (χ0v) is 21.8. The van der Waals surface area contributed by atoms with Gasteiger partial charge in [-0.2, -0.15) is 0 Å². The van der Waals surface area contributed by atoms with Gasteiger partial charge in [-0.05, 0) is 81.9 Å². The average molecular weight is 512 g/mol. The molecule has 2 aromatic heterocycles. The molecule has 2 nitrogen and oxygen atoms in total. The standard InChI is InChI=1S/C38H25NO/c1-4-10-26(11-5-1)28-16-18-31(27-12-6-2-7-13-27)34(24-28)29-17-20-36-35(25-29)32-19-21-37-33(22-23-40-37)38(32)39(36)30-14-8-3-9-15-30/h1-25H. The molecular weight excluding hydrogens is 486 g/mol. The van der Waals surface area contributed by atoms with Crippen molar-refractivity contribution in [3.05, 3.63) is 152 Å². The van der Waals surface area contributed by atoms with Crippen LogP contribution >= 0.6 is 0 Å². The van der Waals surface area contributed by atoms with E-state index in [4.69, 9.17) is 4.42 Å². The highest BCUT2D eigenvalue weighted by molar-refractivity contribution is 6.18. The molecule has 6 aromatic carbocycles. The summed E-state index contributed by atoms with van der Waals surface area (Å²) in [4.78, 5) is 0. The summed E-state index contributed by atoms with van der Waals surface area (Å²) in [6.45, 7) is 0. The third-order valence-corrected chi connectivity index (χ3v) is 7.89. The Balaban J connectivity index is 1.43. The van der Waals surface area contributed by atoms with E-state index in [0.29, 0.717) is 0 Å². The molecule has 0 N–H and O–H groups in total. The largest absolute Gasteiger partial charge is 0.464 e. The number of furan rings is 1. The van der Waals surface area contributed by atoms with E-state index in [9.17, 15) is 0 Å². The number of rotatable bonds is 4. The molecule has 0 radical (unpaired) electrons. The van der Waals surface area contributed by atoms with Crippen molar-refractivity contribution in [2.24, 2.45) is 0 Å². The van der Waals surface area contributed by atoms with Crippen LogP contribution in [-0.2, 0) is 0 Å². The smallest absolute Gasteiger partial charge is 0.136 e. The Kier molecular flexibility index (Phi) is 5.17. The first-order valence-corrected chi connectivity index (χ1v) is 13.6. The van der Waals surface area contributed by atoms with Crippen LogP contribution < -0.4 is 0 Å². The van der Waals surface area contributed by atoms with Crippen LogP contribution in [0.5, 0.6) is 0 Å². The number of hydrogen-bond donors (Lipinski definition) is 0. The van der Waals surface area contributed by atoms with Crippen LogP contribution in [0, 0.1) is 0 Å². The number of benzene rings is 6. The molecule has 188 valence electrons. The van der Waals surface area contributed by atoms with Gasteiger partial charge in [-0.3, -0.25) is 0 Å². The van der Waals surface area contributed by atoms with Crippen molar-refractivity contribution in [1.82, 2.24) is 4.57 Å². The Morgan fingerprint density at radius 3 is 1.90 bits per heavy atom. The third-order valence-electron chi connectivity index (χ3n) is 7.89. The van der Waals surface area contributed by atoms with Crippen molar-refractivity contribution < 1.29 is 4.42 Å². The minimum absolute atomic E-state index is 0.898. The van der Waals surface area contributed by atoms with E-state index in [1.54, 1.807) is 6.26 Å². The number of fused-ring (bicyclic) bond motifs is 5. The van der Waals surface area contributed by atoms with Gasteiger partial charge in [0.1, 0.15) is 5.58 Å². The van der Waals surface area contributed by atoms with Crippen molar-refractivity contribution >= 4 is 32.8 Å². The van der Waals surface area contributed by atoms with Gasteiger partial charge in [0.05, 0.1) is 17.3 Å². The minimum atomic E-state index is 0.898. The van der Waals surface area contributed by atoms with Gasteiger partial charge < -0.3 is 8.98 Å². The average Bonchev–Trinajstić information content (AvgIpc) is 3.64. The van der Waals surface area contributed by atoms with Gasteiger partial charge in [-0.1, -0.05) is 97.1 Å². The molecule has 0 aliphatic carbocycles. The van der Waals surface area contributed by atoms with E-state index in [-0.39, 0.29) is 0 Å². The summed E-state index contributed by atoms with van der Waals surface area (Å²) >= 11 is 0. The first-order valence-electron chi connectivity index (χ1n) is 13.6. The van der Waals surface area contributed by atoms with Crippen LogP contribution in [0.2, 0.25) is 0 Å². The predicted octanol–water partition coefficient (Wildman–Crippen LogP) is 10.5. The second-order valence-corrected chi connectivity index (χ2v) is 10.2. The Bertz CT molecular complexity index is 2140. The fourth-order valence-electron chi connectivity index (χ4n) is 6.03. The van der Waals surface area contributed by atoms with Crippen molar-refractivity contribution in [2.45, 2.75) is 0 Å². The summed E-state index contributed by atoms with van der Waals surface area (Å²) in [5.41, 5.74) is 11.7. The molecule has 0 aliphatic rings. The Morgan fingerprint density at radius 1 is 0.425 bits per heavy atom. The maximum Gasteiger partial charge on any atom is 0.136 e. The molecule has 0 spiro atoms. The fraction of sp³-hybridized carbons (Fsp3) is 0. The molecule has 0 unspecified atom stereocenters. The summed E-state index contributed by atoms with van der Waals surface area (Å²) in [6.07, 6.45) is 1.78. The Hall–Kier alpha value is -5.34. The molecule has 0 aliphatic heterocycles. The first-order chi connectivity index (χ1) is 19.8. The van der Waals surface area contributed by atoms with E-state index < -0.39 is 0 Å². The number of para-hydroxylation sites is 1. The van der Waals surface area contributed by atoms with Crippen LogP contribution in [0.15, 0.2) is 156 Å². The summed E-state index contributed by atoms with van der Waals surface area (Å²) < 4.78 is 8.18. The van der Waals surface area contributed by atoms with Gasteiger partial charge in [-0.15, -0.1) is 0 Å². The molecule has 0 amide bonds. The number of hydrogen-bond acceptors (Lipinski definition) is 1. The zero-order valence-electron chi connectivity index (χ0n) is 21.8. The van der Waals surface area contributed by atoms with Crippen LogP contribution in [0.4, 0.5) is 0 Å². The zero-order chi connectivity index (χ0) is 26.5. The van der Waals surface area contributed by atoms with Gasteiger partial charge in [0.25, 0.3) is 0 Å². The molecule has 8 rings (SSSR count). The lowest BCUT2D eigenvalue weighted by Gasteiger charge is -2.14. The lowest BCUT2D eigenvalue weighted by molar-refractivity contribution is 0.616. The van der Waals surface area contributed by atoms with Crippen molar-refractivity contribution in [1.29, 1.82) is 0 Å². The molecule has 8 aromatic rings. The molecule has 2 heteroatoms. The highest BCUT2D eigenvalue weighted by Crippen LogP contribution is 2.41. The molecule has 0 fully saturated rings. The van der Waals surface area contributed by atoms with E-state index in [1.165, 1.54) is 55.2 Å². The Labute approximate surface area is 232 Å². The monoisotopic (exact) mass is 511 g/mol. The molecule has 0 atom stereocenters. The van der Waals surface area contributed by atoms with E-state index in [2.05, 4.69) is 150 Å². The predicted molar refractivity (Wildman–Crippen MR) is 167 cm³/mol.